The molecule has 3 aromatic rings. The summed E-state index contributed by atoms with van der Waals surface area (Å²) in [5.74, 6) is 0.521. The fraction of sp³-hybridized carbons (Fsp3) is 0.238. The van der Waals surface area contributed by atoms with E-state index in [0.717, 1.165) is 35.0 Å². The monoisotopic (exact) mass is 317 g/mol. The van der Waals surface area contributed by atoms with Crippen molar-refractivity contribution in [2.75, 3.05) is 0 Å². The Morgan fingerprint density at radius 3 is 2.33 bits per heavy atom. The van der Waals surface area contributed by atoms with E-state index in [9.17, 15) is 9.59 Å². The van der Waals surface area contributed by atoms with Gasteiger partial charge in [-0.3, -0.25) is 9.59 Å². The quantitative estimate of drug-likeness (QED) is 0.760. The van der Waals surface area contributed by atoms with Gasteiger partial charge in [0.2, 0.25) is 0 Å². The van der Waals surface area contributed by atoms with Crippen molar-refractivity contribution in [1.29, 1.82) is 0 Å². The fourth-order valence-electron chi connectivity index (χ4n) is 3.58. The largest absolute Gasteiger partial charge is 0.322 e. The summed E-state index contributed by atoms with van der Waals surface area (Å²) in [5.41, 5.74) is 2.63. The van der Waals surface area contributed by atoms with Crippen LogP contribution in [0.2, 0.25) is 0 Å². The Kier molecular flexibility index (Phi) is 3.77. The molecule has 0 bridgehead atoms. The third kappa shape index (κ3) is 2.78. The zero-order chi connectivity index (χ0) is 16.5. The van der Waals surface area contributed by atoms with Gasteiger partial charge in [0, 0.05) is 24.1 Å². The van der Waals surface area contributed by atoms with Crippen molar-refractivity contribution in [3.05, 3.63) is 70.5 Å². The molecule has 120 valence electrons. The molecule has 1 heterocycles. The Bertz CT molecular complexity index is 961. The van der Waals surface area contributed by atoms with Crippen LogP contribution in [-0.2, 0) is 4.79 Å². The Morgan fingerprint density at radius 1 is 0.833 bits per heavy atom. The van der Waals surface area contributed by atoms with E-state index in [1.54, 1.807) is 0 Å². The third-order valence-electron chi connectivity index (χ3n) is 4.98. The first-order valence-corrected chi connectivity index (χ1v) is 8.45. The normalized spacial score (nSPS) is 15.8. The molecule has 0 atom stereocenters. The molecule has 0 spiro atoms. The van der Waals surface area contributed by atoms with Crippen LogP contribution >= 0.6 is 0 Å². The highest BCUT2D eigenvalue weighted by Crippen LogP contribution is 2.30. The molecule has 3 nitrogen and oxygen atoms in total. The number of H-pyrrole nitrogens is 1. The minimum absolute atomic E-state index is 0.0278. The lowest BCUT2D eigenvalue weighted by atomic mass is 9.84. The summed E-state index contributed by atoms with van der Waals surface area (Å²) in [6, 6.07) is 18.3. The maximum atomic E-state index is 12.5. The van der Waals surface area contributed by atoms with Gasteiger partial charge in [-0.2, -0.15) is 0 Å². The highest BCUT2D eigenvalue weighted by molar-refractivity contribution is 5.86. The smallest absolute Gasteiger partial charge is 0.251 e. The lowest BCUT2D eigenvalue weighted by Crippen LogP contribution is -2.20. The van der Waals surface area contributed by atoms with E-state index in [4.69, 9.17) is 0 Å². The van der Waals surface area contributed by atoms with Gasteiger partial charge in [-0.1, -0.05) is 42.5 Å². The molecule has 0 radical (unpaired) electrons. The molecule has 4 rings (SSSR count). The second-order valence-electron chi connectivity index (χ2n) is 6.53. The fourth-order valence-corrected chi connectivity index (χ4v) is 3.58. The van der Waals surface area contributed by atoms with Crippen LogP contribution < -0.4 is 5.56 Å². The highest BCUT2D eigenvalue weighted by atomic mass is 16.1. The molecule has 1 fully saturated rings. The van der Waals surface area contributed by atoms with Crippen molar-refractivity contribution >= 4 is 16.6 Å². The number of aromatic nitrogens is 1. The van der Waals surface area contributed by atoms with E-state index in [2.05, 4.69) is 29.2 Å². The number of rotatable bonds is 2. The Balaban J connectivity index is 1.67. The molecule has 0 saturated heterocycles. The predicted octanol–water partition coefficient (Wildman–Crippen LogP) is 4.42. The summed E-state index contributed by atoms with van der Waals surface area (Å²) in [4.78, 5) is 26.9. The first-order chi connectivity index (χ1) is 11.7. The number of ketones is 1. The van der Waals surface area contributed by atoms with Crippen LogP contribution in [0.3, 0.4) is 0 Å². The minimum Gasteiger partial charge on any atom is -0.322 e. The molecule has 0 amide bonds. The van der Waals surface area contributed by atoms with Gasteiger partial charge in [-0.05, 0) is 47.2 Å². The Hall–Kier alpha value is -2.68. The van der Waals surface area contributed by atoms with Crippen molar-refractivity contribution in [3.8, 4) is 11.3 Å². The van der Waals surface area contributed by atoms with Crippen molar-refractivity contribution in [3.63, 3.8) is 0 Å². The lowest BCUT2D eigenvalue weighted by Gasteiger charge is -2.20. The maximum absolute atomic E-state index is 12.5. The van der Waals surface area contributed by atoms with Gasteiger partial charge in [0.25, 0.3) is 5.56 Å². The summed E-state index contributed by atoms with van der Waals surface area (Å²) < 4.78 is 0. The van der Waals surface area contributed by atoms with Gasteiger partial charge in [0.15, 0.2) is 0 Å². The van der Waals surface area contributed by atoms with Crippen LogP contribution in [0.25, 0.3) is 22.0 Å². The highest BCUT2D eigenvalue weighted by Gasteiger charge is 2.22. The Labute approximate surface area is 140 Å². The molecule has 1 aliphatic carbocycles. The minimum atomic E-state index is -0.0278. The van der Waals surface area contributed by atoms with E-state index in [1.165, 1.54) is 5.39 Å². The van der Waals surface area contributed by atoms with Crippen LogP contribution in [0.4, 0.5) is 0 Å². The molecule has 1 aromatic heterocycles. The number of hydrogen-bond donors (Lipinski definition) is 1. The van der Waals surface area contributed by atoms with E-state index in [1.807, 2.05) is 30.3 Å². The van der Waals surface area contributed by atoms with Crippen LogP contribution in [0.1, 0.15) is 37.2 Å². The first-order valence-electron chi connectivity index (χ1n) is 8.45. The van der Waals surface area contributed by atoms with Crippen molar-refractivity contribution < 1.29 is 4.79 Å². The van der Waals surface area contributed by atoms with Gasteiger partial charge in [-0.25, -0.2) is 0 Å². The molecule has 3 heteroatoms. The maximum Gasteiger partial charge on any atom is 0.251 e. The van der Waals surface area contributed by atoms with Gasteiger partial charge in [0.05, 0.1) is 0 Å². The van der Waals surface area contributed by atoms with E-state index in [-0.39, 0.29) is 11.5 Å². The van der Waals surface area contributed by atoms with Crippen LogP contribution in [0, 0.1) is 0 Å². The van der Waals surface area contributed by atoms with Gasteiger partial charge in [-0.15, -0.1) is 0 Å². The average molecular weight is 317 g/mol. The molecule has 0 unspecified atom stereocenters. The van der Waals surface area contributed by atoms with Crippen molar-refractivity contribution in [2.24, 2.45) is 0 Å². The summed E-state index contributed by atoms with van der Waals surface area (Å²) in [7, 11) is 0. The molecule has 2 aromatic carbocycles. The topological polar surface area (TPSA) is 49.9 Å². The number of pyridine rings is 1. The standard InChI is InChI=1S/C21H19NO2/c23-18-9-7-15(8-10-18)19-11-12-20(22-21(19)24)17-6-5-14-3-1-2-4-16(14)13-17/h1-6,11-13,15H,7-10H2,(H,22,24). The molecule has 1 N–H and O–H groups in total. The zero-order valence-electron chi connectivity index (χ0n) is 13.4. The number of carbonyl (C=O) groups is 1. The van der Waals surface area contributed by atoms with E-state index >= 15 is 0 Å². The number of Topliss-reactive ketones (excluding diaryl/α,β-unsaturated/α-hetero) is 1. The Morgan fingerprint density at radius 2 is 1.58 bits per heavy atom. The summed E-state index contributed by atoms with van der Waals surface area (Å²) in [6.07, 6.45) is 2.77. The number of benzene rings is 2. The number of hydrogen-bond acceptors (Lipinski definition) is 2. The SMILES string of the molecule is O=C1CCC(c2ccc(-c3ccc4ccccc4c3)[nH]c2=O)CC1. The number of carbonyl (C=O) groups excluding carboxylic acids is 1. The number of fused-ring (bicyclic) bond motifs is 1. The summed E-state index contributed by atoms with van der Waals surface area (Å²) in [6.45, 7) is 0. The van der Waals surface area contributed by atoms with E-state index in [0.29, 0.717) is 18.6 Å². The first kappa shape index (κ1) is 14.9. The zero-order valence-corrected chi connectivity index (χ0v) is 13.4. The number of nitrogens with one attached hydrogen (secondary N) is 1. The summed E-state index contributed by atoms with van der Waals surface area (Å²) >= 11 is 0. The average Bonchev–Trinajstić information content (AvgIpc) is 2.62. The second kappa shape index (κ2) is 6.08. The molecule has 1 saturated carbocycles. The molecule has 24 heavy (non-hydrogen) atoms. The van der Waals surface area contributed by atoms with Crippen molar-refractivity contribution in [1.82, 2.24) is 4.98 Å². The van der Waals surface area contributed by atoms with Gasteiger partial charge >= 0.3 is 0 Å². The number of aromatic amines is 1. The second-order valence-corrected chi connectivity index (χ2v) is 6.53. The van der Waals surface area contributed by atoms with Gasteiger partial charge < -0.3 is 4.98 Å². The van der Waals surface area contributed by atoms with Crippen LogP contribution in [0.15, 0.2) is 59.4 Å². The molecular formula is C21H19NO2. The third-order valence-corrected chi connectivity index (χ3v) is 4.98. The van der Waals surface area contributed by atoms with Crippen molar-refractivity contribution in [2.45, 2.75) is 31.6 Å². The predicted molar refractivity (Wildman–Crippen MR) is 96.2 cm³/mol. The molecule has 0 aliphatic heterocycles. The lowest BCUT2D eigenvalue weighted by molar-refractivity contribution is -0.120. The van der Waals surface area contributed by atoms with Gasteiger partial charge in [0.1, 0.15) is 5.78 Å². The van der Waals surface area contributed by atoms with Crippen LogP contribution in [-0.4, -0.2) is 10.8 Å². The van der Waals surface area contributed by atoms with Crippen LogP contribution in [0.5, 0.6) is 0 Å². The molecular weight excluding hydrogens is 298 g/mol. The van der Waals surface area contributed by atoms with E-state index < -0.39 is 0 Å². The summed E-state index contributed by atoms with van der Waals surface area (Å²) in [5, 5.41) is 2.35. The molecule has 1 aliphatic rings.